The number of carbonyl (C=O) groups is 2. The molecule has 2 aromatic rings. The van der Waals surface area contributed by atoms with Crippen LogP contribution in [-0.2, 0) is 9.59 Å². The van der Waals surface area contributed by atoms with E-state index in [0.717, 1.165) is 27.9 Å². The second kappa shape index (κ2) is 7.78. The number of para-hydroxylation sites is 1. The first-order valence-corrected chi connectivity index (χ1v) is 9.34. The number of benzene rings is 2. The Kier molecular flexibility index (Phi) is 5.45. The molecule has 3 rings (SSSR count). The Hall–Kier alpha value is -2.88. The van der Waals surface area contributed by atoms with E-state index in [0.29, 0.717) is 5.92 Å². The first-order chi connectivity index (χ1) is 12.9. The highest BCUT2D eigenvalue weighted by molar-refractivity contribution is 5.93. The van der Waals surface area contributed by atoms with Crippen LogP contribution in [0.15, 0.2) is 48.7 Å². The van der Waals surface area contributed by atoms with Crippen molar-refractivity contribution in [3.63, 3.8) is 0 Å². The van der Waals surface area contributed by atoms with Crippen LogP contribution in [-0.4, -0.2) is 16.7 Å². The van der Waals surface area contributed by atoms with Gasteiger partial charge in [0.15, 0.2) is 0 Å². The SMILES string of the molecule is CC(=O)N1C=Cc2ccccc2C1CC(=O)Nc1c(C)cccc1C(C)C. The van der Waals surface area contributed by atoms with Crippen molar-refractivity contribution in [3.8, 4) is 0 Å². The molecule has 1 heterocycles. The molecule has 140 valence electrons. The normalized spacial score (nSPS) is 15.6. The summed E-state index contributed by atoms with van der Waals surface area (Å²) >= 11 is 0. The van der Waals surface area contributed by atoms with Crippen LogP contribution in [0, 0.1) is 6.92 Å². The molecule has 27 heavy (non-hydrogen) atoms. The van der Waals surface area contributed by atoms with Crippen LogP contribution in [0.1, 0.15) is 61.4 Å². The lowest BCUT2D eigenvalue weighted by Gasteiger charge is -2.32. The summed E-state index contributed by atoms with van der Waals surface area (Å²) in [5.41, 5.74) is 5.09. The molecule has 0 aliphatic carbocycles. The Morgan fingerprint density at radius 3 is 2.56 bits per heavy atom. The van der Waals surface area contributed by atoms with Crippen LogP contribution in [0.25, 0.3) is 6.08 Å². The molecule has 4 nitrogen and oxygen atoms in total. The van der Waals surface area contributed by atoms with Gasteiger partial charge in [0.1, 0.15) is 0 Å². The Morgan fingerprint density at radius 2 is 1.85 bits per heavy atom. The van der Waals surface area contributed by atoms with Crippen molar-refractivity contribution in [1.29, 1.82) is 0 Å². The van der Waals surface area contributed by atoms with Gasteiger partial charge in [-0.25, -0.2) is 0 Å². The van der Waals surface area contributed by atoms with Crippen molar-refractivity contribution in [1.82, 2.24) is 4.90 Å². The van der Waals surface area contributed by atoms with Gasteiger partial charge in [0.25, 0.3) is 0 Å². The lowest BCUT2D eigenvalue weighted by Crippen LogP contribution is -2.33. The summed E-state index contributed by atoms with van der Waals surface area (Å²) in [5.74, 6) is 0.150. The van der Waals surface area contributed by atoms with E-state index in [1.165, 1.54) is 6.92 Å². The van der Waals surface area contributed by atoms with E-state index in [1.807, 2.05) is 55.5 Å². The number of fused-ring (bicyclic) bond motifs is 1. The third-order valence-corrected chi connectivity index (χ3v) is 5.04. The molecule has 0 bridgehead atoms. The average Bonchev–Trinajstić information content (AvgIpc) is 2.63. The second-order valence-electron chi connectivity index (χ2n) is 7.33. The van der Waals surface area contributed by atoms with Crippen LogP contribution < -0.4 is 5.32 Å². The number of nitrogens with one attached hydrogen (secondary N) is 1. The monoisotopic (exact) mass is 362 g/mol. The van der Waals surface area contributed by atoms with Crippen LogP contribution in [0.4, 0.5) is 5.69 Å². The molecule has 1 aliphatic heterocycles. The molecule has 0 radical (unpaired) electrons. The molecule has 0 saturated carbocycles. The van der Waals surface area contributed by atoms with E-state index in [-0.39, 0.29) is 24.3 Å². The number of hydrogen-bond donors (Lipinski definition) is 1. The Balaban J connectivity index is 1.87. The molecule has 0 spiro atoms. The number of hydrogen-bond acceptors (Lipinski definition) is 2. The average molecular weight is 362 g/mol. The van der Waals surface area contributed by atoms with E-state index in [4.69, 9.17) is 0 Å². The standard InChI is InChI=1S/C23H26N2O2/c1-15(2)19-11-7-8-16(3)23(19)24-22(27)14-21-20-10-6-5-9-18(20)12-13-25(21)17(4)26/h5-13,15,21H,14H2,1-4H3,(H,24,27). The number of anilines is 1. The number of amides is 2. The summed E-state index contributed by atoms with van der Waals surface area (Å²) < 4.78 is 0. The molecule has 2 amide bonds. The number of nitrogens with zero attached hydrogens (tertiary/aromatic N) is 1. The fraction of sp³-hybridized carbons (Fsp3) is 0.304. The highest BCUT2D eigenvalue weighted by Crippen LogP contribution is 2.34. The summed E-state index contributed by atoms with van der Waals surface area (Å²) in [5, 5.41) is 3.10. The summed E-state index contributed by atoms with van der Waals surface area (Å²) in [6.45, 7) is 7.76. The minimum atomic E-state index is -0.296. The summed E-state index contributed by atoms with van der Waals surface area (Å²) in [7, 11) is 0. The first-order valence-electron chi connectivity index (χ1n) is 9.34. The predicted octanol–water partition coefficient (Wildman–Crippen LogP) is 5.02. The van der Waals surface area contributed by atoms with Gasteiger partial charge in [0.05, 0.1) is 12.5 Å². The fourth-order valence-electron chi connectivity index (χ4n) is 3.62. The molecule has 2 aromatic carbocycles. The molecule has 0 aromatic heterocycles. The van der Waals surface area contributed by atoms with Crippen molar-refractivity contribution >= 4 is 23.6 Å². The van der Waals surface area contributed by atoms with Crippen molar-refractivity contribution in [2.24, 2.45) is 0 Å². The van der Waals surface area contributed by atoms with Gasteiger partial charge in [-0.1, -0.05) is 56.3 Å². The van der Waals surface area contributed by atoms with Gasteiger partial charge in [-0.2, -0.15) is 0 Å². The molecule has 1 N–H and O–H groups in total. The van der Waals surface area contributed by atoms with Crippen LogP contribution in [0.2, 0.25) is 0 Å². The van der Waals surface area contributed by atoms with Gasteiger partial charge in [-0.15, -0.1) is 0 Å². The molecular formula is C23H26N2O2. The molecule has 4 heteroatoms. The Bertz CT molecular complexity index is 899. The highest BCUT2D eigenvalue weighted by atomic mass is 16.2. The molecule has 0 fully saturated rings. The lowest BCUT2D eigenvalue weighted by atomic mass is 9.93. The summed E-state index contributed by atoms with van der Waals surface area (Å²) in [4.78, 5) is 26.7. The van der Waals surface area contributed by atoms with Gasteiger partial charge in [0.2, 0.25) is 11.8 Å². The van der Waals surface area contributed by atoms with Gasteiger partial charge in [-0.3, -0.25) is 9.59 Å². The van der Waals surface area contributed by atoms with Gasteiger partial charge >= 0.3 is 0 Å². The predicted molar refractivity (Wildman–Crippen MR) is 109 cm³/mol. The van der Waals surface area contributed by atoms with E-state index >= 15 is 0 Å². The highest BCUT2D eigenvalue weighted by Gasteiger charge is 2.28. The molecule has 0 saturated heterocycles. The van der Waals surface area contributed by atoms with E-state index in [9.17, 15) is 9.59 Å². The van der Waals surface area contributed by atoms with Crippen molar-refractivity contribution in [2.75, 3.05) is 5.32 Å². The van der Waals surface area contributed by atoms with E-state index in [1.54, 1.807) is 11.1 Å². The van der Waals surface area contributed by atoms with Crippen LogP contribution in [0.5, 0.6) is 0 Å². The van der Waals surface area contributed by atoms with Crippen LogP contribution >= 0.6 is 0 Å². The minimum Gasteiger partial charge on any atom is -0.326 e. The zero-order valence-corrected chi connectivity index (χ0v) is 16.3. The lowest BCUT2D eigenvalue weighted by molar-refractivity contribution is -0.129. The zero-order valence-electron chi connectivity index (χ0n) is 16.3. The molecule has 1 atom stereocenters. The largest absolute Gasteiger partial charge is 0.326 e. The number of carbonyl (C=O) groups excluding carboxylic acids is 2. The first kappa shape index (κ1) is 18.9. The maximum atomic E-state index is 12.9. The van der Waals surface area contributed by atoms with Gasteiger partial charge in [-0.05, 0) is 41.2 Å². The topological polar surface area (TPSA) is 49.4 Å². The fourth-order valence-corrected chi connectivity index (χ4v) is 3.62. The second-order valence-corrected chi connectivity index (χ2v) is 7.33. The van der Waals surface area contributed by atoms with Crippen molar-refractivity contribution < 1.29 is 9.59 Å². The third-order valence-electron chi connectivity index (χ3n) is 5.04. The minimum absolute atomic E-state index is 0.0719. The van der Waals surface area contributed by atoms with Gasteiger partial charge < -0.3 is 10.2 Å². The zero-order chi connectivity index (χ0) is 19.6. The quantitative estimate of drug-likeness (QED) is 0.830. The van der Waals surface area contributed by atoms with Gasteiger partial charge in [0, 0.05) is 18.8 Å². The summed E-state index contributed by atoms with van der Waals surface area (Å²) in [6, 6.07) is 13.7. The van der Waals surface area contributed by atoms with E-state index < -0.39 is 0 Å². The van der Waals surface area contributed by atoms with Crippen LogP contribution in [0.3, 0.4) is 0 Å². The molecule has 1 aliphatic rings. The van der Waals surface area contributed by atoms with E-state index in [2.05, 4.69) is 19.2 Å². The number of rotatable bonds is 4. The number of aryl methyl sites for hydroxylation is 1. The van der Waals surface area contributed by atoms with Crippen molar-refractivity contribution in [2.45, 2.75) is 46.1 Å². The maximum absolute atomic E-state index is 12.9. The van der Waals surface area contributed by atoms with Crippen molar-refractivity contribution in [3.05, 3.63) is 70.9 Å². The third kappa shape index (κ3) is 3.95. The Morgan fingerprint density at radius 1 is 1.11 bits per heavy atom. The molecular weight excluding hydrogens is 336 g/mol. The smallest absolute Gasteiger partial charge is 0.226 e. The maximum Gasteiger partial charge on any atom is 0.226 e. The summed E-state index contributed by atoms with van der Waals surface area (Å²) in [6.07, 6.45) is 3.91. The Labute approximate surface area is 160 Å². The molecule has 1 unspecified atom stereocenters.